The molecule has 0 heterocycles. The Balaban J connectivity index is 1.98. The van der Waals surface area contributed by atoms with E-state index < -0.39 is 0 Å². The maximum atomic E-state index is 12.5. The highest BCUT2D eigenvalue weighted by atomic mass is 16.5. The molecular weight excluding hydrogens is 260 g/mol. The molecule has 110 valence electrons. The van der Waals surface area contributed by atoms with Gasteiger partial charge in [0.1, 0.15) is 0 Å². The molecule has 0 saturated carbocycles. The molecule has 2 aromatic rings. The van der Waals surface area contributed by atoms with Crippen LogP contribution in [0.5, 0.6) is 0 Å². The SMILES string of the molecule is COC(CCc1ccccc1)C(C)C(=O)c1ccccc1. The molecule has 2 nitrogen and oxygen atoms in total. The lowest BCUT2D eigenvalue weighted by atomic mass is 9.90. The zero-order valence-electron chi connectivity index (χ0n) is 12.7. The minimum atomic E-state index is -0.138. The van der Waals surface area contributed by atoms with Gasteiger partial charge in [0, 0.05) is 18.6 Å². The predicted molar refractivity (Wildman–Crippen MR) is 85.5 cm³/mol. The summed E-state index contributed by atoms with van der Waals surface area (Å²) in [6.07, 6.45) is 1.71. The van der Waals surface area contributed by atoms with Gasteiger partial charge in [-0.05, 0) is 18.4 Å². The van der Waals surface area contributed by atoms with Crippen LogP contribution in [0.2, 0.25) is 0 Å². The molecule has 0 aliphatic carbocycles. The fourth-order valence-electron chi connectivity index (χ4n) is 2.56. The number of carbonyl (C=O) groups excluding carboxylic acids is 1. The van der Waals surface area contributed by atoms with Crippen molar-refractivity contribution in [2.45, 2.75) is 25.9 Å². The Morgan fingerprint density at radius 3 is 2.14 bits per heavy atom. The lowest BCUT2D eigenvalue weighted by molar-refractivity contribution is 0.0444. The zero-order valence-corrected chi connectivity index (χ0v) is 12.7. The Morgan fingerprint density at radius 1 is 1.00 bits per heavy atom. The van der Waals surface area contributed by atoms with Crippen LogP contribution in [-0.4, -0.2) is 19.0 Å². The van der Waals surface area contributed by atoms with Crippen molar-refractivity contribution in [3.8, 4) is 0 Å². The molecule has 0 amide bonds. The number of ether oxygens (including phenoxy) is 1. The third-order valence-corrected chi connectivity index (χ3v) is 3.89. The number of Topliss-reactive ketones (excluding diaryl/α,β-unsaturated/α-hetero) is 1. The Morgan fingerprint density at radius 2 is 1.57 bits per heavy atom. The van der Waals surface area contributed by atoms with E-state index in [0.717, 1.165) is 18.4 Å². The normalized spacial score (nSPS) is 13.6. The molecule has 21 heavy (non-hydrogen) atoms. The molecule has 0 saturated heterocycles. The van der Waals surface area contributed by atoms with Crippen LogP contribution in [0.1, 0.15) is 29.3 Å². The summed E-state index contributed by atoms with van der Waals surface area (Å²) in [5.41, 5.74) is 2.03. The highest BCUT2D eigenvalue weighted by molar-refractivity contribution is 5.97. The first-order valence-corrected chi connectivity index (χ1v) is 7.38. The summed E-state index contributed by atoms with van der Waals surface area (Å²) >= 11 is 0. The topological polar surface area (TPSA) is 26.3 Å². The fourth-order valence-corrected chi connectivity index (χ4v) is 2.56. The third-order valence-electron chi connectivity index (χ3n) is 3.89. The first kappa shape index (κ1) is 15.5. The van der Waals surface area contributed by atoms with Crippen LogP contribution in [0.15, 0.2) is 60.7 Å². The van der Waals surface area contributed by atoms with Gasteiger partial charge in [-0.2, -0.15) is 0 Å². The van der Waals surface area contributed by atoms with Crippen molar-refractivity contribution >= 4 is 5.78 Å². The average Bonchev–Trinajstić information content (AvgIpc) is 2.56. The van der Waals surface area contributed by atoms with E-state index in [4.69, 9.17) is 4.74 Å². The number of methoxy groups -OCH3 is 1. The van der Waals surface area contributed by atoms with E-state index in [1.165, 1.54) is 5.56 Å². The lowest BCUT2D eigenvalue weighted by Crippen LogP contribution is -2.28. The number of aryl methyl sites for hydroxylation is 1. The summed E-state index contributed by atoms with van der Waals surface area (Å²) in [5, 5.41) is 0. The number of benzene rings is 2. The van der Waals surface area contributed by atoms with Gasteiger partial charge in [0.2, 0.25) is 0 Å². The van der Waals surface area contributed by atoms with Crippen molar-refractivity contribution in [1.82, 2.24) is 0 Å². The van der Waals surface area contributed by atoms with Gasteiger partial charge >= 0.3 is 0 Å². The Labute approximate surface area is 126 Å². The van der Waals surface area contributed by atoms with Crippen molar-refractivity contribution < 1.29 is 9.53 Å². The molecule has 0 aliphatic heterocycles. The van der Waals surface area contributed by atoms with Crippen LogP contribution in [0, 0.1) is 5.92 Å². The standard InChI is InChI=1S/C19H22O2/c1-15(19(20)17-11-7-4-8-12-17)18(21-2)14-13-16-9-5-3-6-10-16/h3-12,15,18H,13-14H2,1-2H3. The second kappa shape index (κ2) is 7.75. The molecule has 2 atom stereocenters. The van der Waals surface area contributed by atoms with Crippen LogP contribution in [0.25, 0.3) is 0 Å². The first-order chi connectivity index (χ1) is 10.2. The monoisotopic (exact) mass is 282 g/mol. The van der Waals surface area contributed by atoms with E-state index in [-0.39, 0.29) is 17.8 Å². The van der Waals surface area contributed by atoms with Crippen molar-refractivity contribution in [1.29, 1.82) is 0 Å². The summed E-state index contributed by atoms with van der Waals surface area (Å²) in [6.45, 7) is 1.95. The number of hydrogen-bond donors (Lipinski definition) is 0. The minimum absolute atomic E-state index is 0.0575. The smallest absolute Gasteiger partial charge is 0.168 e. The van der Waals surface area contributed by atoms with Gasteiger partial charge in [-0.15, -0.1) is 0 Å². The van der Waals surface area contributed by atoms with E-state index >= 15 is 0 Å². The van der Waals surface area contributed by atoms with Gasteiger partial charge in [0.15, 0.2) is 5.78 Å². The minimum Gasteiger partial charge on any atom is -0.381 e. The summed E-state index contributed by atoms with van der Waals surface area (Å²) < 4.78 is 5.56. The fraction of sp³-hybridized carbons (Fsp3) is 0.316. The third kappa shape index (κ3) is 4.27. The average molecular weight is 282 g/mol. The van der Waals surface area contributed by atoms with Crippen LogP contribution in [0.3, 0.4) is 0 Å². The highest BCUT2D eigenvalue weighted by Gasteiger charge is 2.24. The van der Waals surface area contributed by atoms with Crippen molar-refractivity contribution in [3.63, 3.8) is 0 Å². The van der Waals surface area contributed by atoms with Crippen LogP contribution < -0.4 is 0 Å². The number of hydrogen-bond acceptors (Lipinski definition) is 2. The Kier molecular flexibility index (Phi) is 5.70. The van der Waals surface area contributed by atoms with Crippen LogP contribution in [0.4, 0.5) is 0 Å². The number of rotatable bonds is 7. The summed E-state index contributed by atoms with van der Waals surface area (Å²) in [5.74, 6) is 0.0108. The number of carbonyl (C=O) groups is 1. The molecule has 2 unspecified atom stereocenters. The van der Waals surface area contributed by atoms with Crippen LogP contribution >= 0.6 is 0 Å². The quantitative estimate of drug-likeness (QED) is 0.713. The van der Waals surface area contributed by atoms with Crippen molar-refractivity contribution in [3.05, 3.63) is 71.8 Å². The van der Waals surface area contributed by atoms with Gasteiger partial charge in [-0.25, -0.2) is 0 Å². The van der Waals surface area contributed by atoms with E-state index in [1.54, 1.807) is 7.11 Å². The predicted octanol–water partition coefficient (Wildman–Crippen LogP) is 4.15. The molecule has 0 N–H and O–H groups in total. The van der Waals surface area contributed by atoms with Gasteiger partial charge in [0.05, 0.1) is 6.10 Å². The molecular formula is C19H22O2. The molecule has 2 heteroatoms. The van der Waals surface area contributed by atoms with Gasteiger partial charge in [0.25, 0.3) is 0 Å². The second-order valence-corrected chi connectivity index (χ2v) is 5.32. The molecule has 2 rings (SSSR count). The Bertz CT molecular complexity index is 548. The molecule has 0 radical (unpaired) electrons. The molecule has 2 aromatic carbocycles. The summed E-state index contributed by atoms with van der Waals surface area (Å²) in [7, 11) is 1.68. The molecule has 0 aromatic heterocycles. The summed E-state index contributed by atoms with van der Waals surface area (Å²) in [4.78, 5) is 12.5. The molecule has 0 spiro atoms. The largest absolute Gasteiger partial charge is 0.381 e. The van der Waals surface area contributed by atoms with Crippen molar-refractivity contribution in [2.75, 3.05) is 7.11 Å². The van der Waals surface area contributed by atoms with Gasteiger partial charge in [-0.3, -0.25) is 4.79 Å². The van der Waals surface area contributed by atoms with E-state index in [0.29, 0.717) is 0 Å². The molecule has 0 aliphatic rings. The van der Waals surface area contributed by atoms with Crippen molar-refractivity contribution in [2.24, 2.45) is 5.92 Å². The summed E-state index contributed by atoms with van der Waals surface area (Å²) in [6, 6.07) is 19.7. The van der Waals surface area contributed by atoms with Gasteiger partial charge in [-0.1, -0.05) is 67.6 Å². The van der Waals surface area contributed by atoms with Crippen LogP contribution in [-0.2, 0) is 11.2 Å². The zero-order chi connectivity index (χ0) is 15.1. The van der Waals surface area contributed by atoms with E-state index in [1.807, 2.05) is 55.5 Å². The molecule has 0 fully saturated rings. The number of ketones is 1. The lowest BCUT2D eigenvalue weighted by Gasteiger charge is -2.21. The highest BCUT2D eigenvalue weighted by Crippen LogP contribution is 2.19. The maximum Gasteiger partial charge on any atom is 0.168 e. The second-order valence-electron chi connectivity index (χ2n) is 5.32. The van der Waals surface area contributed by atoms with Gasteiger partial charge < -0.3 is 4.74 Å². The first-order valence-electron chi connectivity index (χ1n) is 7.38. The maximum absolute atomic E-state index is 12.5. The molecule has 0 bridgehead atoms. The van der Waals surface area contributed by atoms with E-state index in [9.17, 15) is 4.79 Å². The van der Waals surface area contributed by atoms with E-state index in [2.05, 4.69) is 12.1 Å². The Hall–Kier alpha value is -1.93.